The van der Waals surface area contributed by atoms with Gasteiger partial charge in [-0.25, -0.2) is 0 Å². The molecule has 0 aliphatic heterocycles. The molecule has 1 N–H and O–H groups in total. The Labute approximate surface area is 155 Å². The minimum atomic E-state index is -0.126. The highest BCUT2D eigenvalue weighted by atomic mass is 16.3. The third-order valence-electron chi connectivity index (χ3n) is 4.38. The molecule has 1 aromatic heterocycles. The van der Waals surface area contributed by atoms with Crippen LogP contribution in [0.4, 0.5) is 0 Å². The van der Waals surface area contributed by atoms with Crippen LogP contribution in [0.15, 0.2) is 47.1 Å². The van der Waals surface area contributed by atoms with Gasteiger partial charge in [-0.2, -0.15) is 0 Å². The standard InChI is InChI=1S/C21H28N2O3/c1-4-6-16-8-10-17(11-9-16)19(24)12-13-21(25)22-15-18(23(2)3)20-7-5-14-26-20/h5,7-11,14,18H,4,6,12-13,15H2,1-3H3,(H,22,25). The summed E-state index contributed by atoms with van der Waals surface area (Å²) in [6.45, 7) is 2.57. The van der Waals surface area contributed by atoms with Crippen molar-refractivity contribution in [1.82, 2.24) is 10.2 Å². The molecule has 0 spiro atoms. The monoisotopic (exact) mass is 356 g/mol. The predicted octanol–water partition coefficient (Wildman–Crippen LogP) is 3.61. The Morgan fingerprint density at radius 1 is 1.12 bits per heavy atom. The summed E-state index contributed by atoms with van der Waals surface area (Å²) in [6, 6.07) is 11.4. The Balaban J connectivity index is 1.79. The summed E-state index contributed by atoms with van der Waals surface area (Å²) < 4.78 is 5.43. The van der Waals surface area contributed by atoms with Gasteiger partial charge in [0.05, 0.1) is 12.3 Å². The highest BCUT2D eigenvalue weighted by Gasteiger charge is 2.18. The van der Waals surface area contributed by atoms with E-state index in [2.05, 4.69) is 12.2 Å². The van der Waals surface area contributed by atoms with Crippen LogP contribution >= 0.6 is 0 Å². The average Bonchev–Trinajstić information content (AvgIpc) is 3.15. The number of Topliss-reactive ketones (excluding diaryl/α,β-unsaturated/α-hetero) is 1. The summed E-state index contributed by atoms with van der Waals surface area (Å²) in [5, 5.41) is 2.89. The summed E-state index contributed by atoms with van der Waals surface area (Å²) in [4.78, 5) is 26.3. The lowest BCUT2D eigenvalue weighted by Crippen LogP contribution is -2.34. The number of amides is 1. The number of carbonyl (C=O) groups excluding carboxylic acids is 2. The topological polar surface area (TPSA) is 62.6 Å². The molecular formula is C21H28N2O3. The lowest BCUT2D eigenvalue weighted by atomic mass is 10.0. The van der Waals surface area contributed by atoms with Gasteiger partial charge in [0.25, 0.3) is 0 Å². The summed E-state index contributed by atoms with van der Waals surface area (Å²) >= 11 is 0. The van der Waals surface area contributed by atoms with Crippen molar-refractivity contribution in [3.8, 4) is 0 Å². The van der Waals surface area contributed by atoms with Crippen LogP contribution in [0.2, 0.25) is 0 Å². The number of ketones is 1. The number of benzene rings is 1. The van der Waals surface area contributed by atoms with Gasteiger partial charge in [-0.15, -0.1) is 0 Å². The molecule has 1 amide bonds. The van der Waals surface area contributed by atoms with Crippen LogP contribution in [0.25, 0.3) is 0 Å². The molecule has 0 bridgehead atoms. The second-order valence-electron chi connectivity index (χ2n) is 6.67. The fraction of sp³-hybridized carbons (Fsp3) is 0.429. The third kappa shape index (κ3) is 5.85. The molecule has 0 radical (unpaired) electrons. The summed E-state index contributed by atoms with van der Waals surface area (Å²) in [5.74, 6) is 0.677. The molecule has 26 heavy (non-hydrogen) atoms. The van der Waals surface area contributed by atoms with Crippen molar-refractivity contribution in [3.63, 3.8) is 0 Å². The molecule has 0 saturated carbocycles. The maximum atomic E-state index is 12.2. The first-order chi connectivity index (χ1) is 12.5. The molecule has 2 rings (SSSR count). The Hall–Kier alpha value is -2.40. The zero-order valence-corrected chi connectivity index (χ0v) is 15.8. The molecule has 1 atom stereocenters. The van der Waals surface area contributed by atoms with Crippen LogP contribution in [0.3, 0.4) is 0 Å². The SMILES string of the molecule is CCCc1ccc(C(=O)CCC(=O)NCC(c2ccco2)N(C)C)cc1. The highest BCUT2D eigenvalue weighted by molar-refractivity contribution is 5.97. The molecule has 5 heteroatoms. The Bertz CT molecular complexity index is 691. The van der Waals surface area contributed by atoms with Crippen LogP contribution in [-0.2, 0) is 11.2 Å². The number of rotatable bonds is 10. The van der Waals surface area contributed by atoms with Gasteiger partial charge in [0.15, 0.2) is 5.78 Å². The number of carbonyl (C=O) groups is 2. The van der Waals surface area contributed by atoms with Crippen molar-refractivity contribution in [1.29, 1.82) is 0 Å². The van der Waals surface area contributed by atoms with Crippen LogP contribution in [0.1, 0.15) is 53.9 Å². The molecule has 1 aromatic carbocycles. The number of hydrogen-bond donors (Lipinski definition) is 1. The Morgan fingerprint density at radius 2 is 1.85 bits per heavy atom. The van der Waals surface area contributed by atoms with Crippen LogP contribution in [-0.4, -0.2) is 37.2 Å². The van der Waals surface area contributed by atoms with Crippen molar-refractivity contribution < 1.29 is 14.0 Å². The fourth-order valence-corrected chi connectivity index (χ4v) is 2.83. The van der Waals surface area contributed by atoms with Gasteiger partial charge in [-0.3, -0.25) is 14.5 Å². The first-order valence-corrected chi connectivity index (χ1v) is 9.10. The van der Waals surface area contributed by atoms with E-state index in [1.54, 1.807) is 6.26 Å². The third-order valence-corrected chi connectivity index (χ3v) is 4.38. The smallest absolute Gasteiger partial charge is 0.220 e. The van der Waals surface area contributed by atoms with Crippen LogP contribution in [0, 0.1) is 0 Å². The highest BCUT2D eigenvalue weighted by Crippen LogP contribution is 2.17. The number of furan rings is 1. The molecule has 1 unspecified atom stereocenters. The van der Waals surface area contributed by atoms with Gasteiger partial charge < -0.3 is 9.73 Å². The van der Waals surface area contributed by atoms with E-state index >= 15 is 0 Å². The average molecular weight is 356 g/mol. The first kappa shape index (κ1) is 19.9. The van der Waals surface area contributed by atoms with E-state index in [4.69, 9.17) is 4.42 Å². The van der Waals surface area contributed by atoms with E-state index in [1.807, 2.05) is 55.4 Å². The van der Waals surface area contributed by atoms with E-state index in [1.165, 1.54) is 5.56 Å². The van der Waals surface area contributed by atoms with Gasteiger partial charge in [-0.05, 0) is 38.2 Å². The van der Waals surface area contributed by atoms with Gasteiger partial charge >= 0.3 is 0 Å². The van der Waals surface area contributed by atoms with Crippen LogP contribution < -0.4 is 5.32 Å². The van der Waals surface area contributed by atoms with Crippen LogP contribution in [0.5, 0.6) is 0 Å². The predicted molar refractivity (Wildman–Crippen MR) is 102 cm³/mol. The summed E-state index contributed by atoms with van der Waals surface area (Å²) in [7, 11) is 3.87. The molecule has 5 nitrogen and oxygen atoms in total. The van der Waals surface area contributed by atoms with Crippen molar-refractivity contribution in [2.24, 2.45) is 0 Å². The molecule has 140 valence electrons. The maximum Gasteiger partial charge on any atom is 0.220 e. The fourth-order valence-electron chi connectivity index (χ4n) is 2.83. The number of nitrogens with one attached hydrogen (secondary N) is 1. The normalized spacial score (nSPS) is 12.2. The summed E-state index contributed by atoms with van der Waals surface area (Å²) in [6.07, 6.45) is 4.12. The largest absolute Gasteiger partial charge is 0.468 e. The van der Waals surface area contributed by atoms with Gasteiger partial charge in [-0.1, -0.05) is 37.6 Å². The summed E-state index contributed by atoms with van der Waals surface area (Å²) in [5.41, 5.74) is 1.90. The number of hydrogen-bond acceptors (Lipinski definition) is 4. The lowest BCUT2D eigenvalue weighted by Gasteiger charge is -2.22. The number of aryl methyl sites for hydroxylation is 1. The molecule has 1 heterocycles. The van der Waals surface area contributed by atoms with E-state index in [0.717, 1.165) is 18.6 Å². The van der Waals surface area contributed by atoms with Crippen molar-refractivity contribution in [2.75, 3.05) is 20.6 Å². The maximum absolute atomic E-state index is 12.2. The van der Waals surface area contributed by atoms with Gasteiger partial charge in [0, 0.05) is 24.9 Å². The molecule has 2 aromatic rings. The quantitative estimate of drug-likeness (QED) is 0.661. The zero-order chi connectivity index (χ0) is 18.9. The van der Waals surface area contributed by atoms with E-state index in [9.17, 15) is 9.59 Å². The van der Waals surface area contributed by atoms with Gasteiger partial charge in [0.2, 0.25) is 5.91 Å². The minimum Gasteiger partial charge on any atom is -0.468 e. The zero-order valence-electron chi connectivity index (χ0n) is 15.8. The van der Waals surface area contributed by atoms with Crippen molar-refractivity contribution >= 4 is 11.7 Å². The van der Waals surface area contributed by atoms with Crippen molar-refractivity contribution in [2.45, 2.75) is 38.6 Å². The number of likely N-dealkylation sites (N-methyl/N-ethyl adjacent to an activating group) is 1. The minimum absolute atomic E-state index is 0.00149. The molecule has 0 fully saturated rings. The van der Waals surface area contributed by atoms with E-state index in [0.29, 0.717) is 12.1 Å². The molecular weight excluding hydrogens is 328 g/mol. The Kier molecular flexibility index (Phi) is 7.60. The first-order valence-electron chi connectivity index (χ1n) is 9.10. The van der Waals surface area contributed by atoms with Gasteiger partial charge in [0.1, 0.15) is 5.76 Å². The Morgan fingerprint density at radius 3 is 2.42 bits per heavy atom. The number of nitrogens with zero attached hydrogens (tertiary/aromatic N) is 1. The molecule has 0 aliphatic rings. The molecule has 0 aliphatic carbocycles. The van der Waals surface area contributed by atoms with Crippen molar-refractivity contribution in [3.05, 3.63) is 59.5 Å². The second-order valence-corrected chi connectivity index (χ2v) is 6.67. The van der Waals surface area contributed by atoms with E-state index < -0.39 is 0 Å². The lowest BCUT2D eigenvalue weighted by molar-refractivity contribution is -0.121. The van der Waals surface area contributed by atoms with E-state index in [-0.39, 0.29) is 30.6 Å². The molecule has 0 saturated heterocycles. The second kappa shape index (κ2) is 9.92.